The summed E-state index contributed by atoms with van der Waals surface area (Å²) in [6.07, 6.45) is 0. The molecule has 0 unspecified atom stereocenters. The van der Waals surface area contributed by atoms with E-state index >= 15 is 0 Å². The van der Waals surface area contributed by atoms with Gasteiger partial charge in [-0.1, -0.05) is 0 Å². The molecule has 2 saturated heterocycles. The van der Waals surface area contributed by atoms with Gasteiger partial charge in [0.1, 0.15) is 0 Å². The van der Waals surface area contributed by atoms with E-state index in [0.29, 0.717) is 0 Å². The molecular weight excluding hydrogens is 408 g/mol. The number of guanidine groups is 2. The third-order valence-corrected chi connectivity index (χ3v) is 4.26. The van der Waals surface area contributed by atoms with E-state index in [4.69, 9.17) is 50.0 Å². The van der Waals surface area contributed by atoms with Crippen molar-refractivity contribution in [3.05, 3.63) is 0 Å². The summed E-state index contributed by atoms with van der Waals surface area (Å²) in [6, 6.07) is 0. The molecule has 2 rings (SSSR count). The van der Waals surface area contributed by atoms with Gasteiger partial charge in [0.15, 0.2) is 11.9 Å². The molecule has 172 valence electrons. The largest absolute Gasteiger partial charge is 0.395 e. The molecule has 0 aromatic carbocycles. The number of β-amino-alcohol motifs (C(OH)–C–C–N with tert-alkyl or cyclic N) is 2. The SMILES string of the molecule is N=C(N)N1CCN(CCO)CC1.N=C(N)N1CCN(CCO)CC1.O=S(=O)(O)O. The molecule has 2 aliphatic rings. The smallest absolute Gasteiger partial charge is 0.394 e. The normalized spacial score (nSPS) is 18.2. The van der Waals surface area contributed by atoms with Crippen molar-refractivity contribution in [3.63, 3.8) is 0 Å². The molecule has 10 N–H and O–H groups in total. The maximum atomic E-state index is 8.74. The Morgan fingerprint density at radius 2 is 0.966 bits per heavy atom. The maximum Gasteiger partial charge on any atom is 0.394 e. The van der Waals surface area contributed by atoms with E-state index in [1.807, 2.05) is 9.80 Å². The van der Waals surface area contributed by atoms with E-state index in [2.05, 4.69) is 9.80 Å². The van der Waals surface area contributed by atoms with Crippen molar-refractivity contribution in [1.82, 2.24) is 19.6 Å². The van der Waals surface area contributed by atoms with Gasteiger partial charge in [0.2, 0.25) is 0 Å². The van der Waals surface area contributed by atoms with Crippen LogP contribution in [-0.4, -0.2) is 138 Å². The molecule has 2 aliphatic heterocycles. The monoisotopic (exact) mass is 442 g/mol. The Hall–Kier alpha value is -1.75. The lowest BCUT2D eigenvalue weighted by atomic mass is 10.3. The summed E-state index contributed by atoms with van der Waals surface area (Å²) >= 11 is 0. The first-order chi connectivity index (χ1) is 13.5. The quantitative estimate of drug-likeness (QED) is 0.120. The van der Waals surface area contributed by atoms with Crippen molar-refractivity contribution in [2.24, 2.45) is 11.5 Å². The second-order valence-corrected chi connectivity index (χ2v) is 7.22. The van der Waals surface area contributed by atoms with Crippen molar-refractivity contribution in [3.8, 4) is 0 Å². The van der Waals surface area contributed by atoms with Crippen LogP contribution >= 0.6 is 0 Å². The molecule has 14 nitrogen and oxygen atoms in total. The molecule has 0 amide bonds. The van der Waals surface area contributed by atoms with E-state index in [-0.39, 0.29) is 25.1 Å². The Bertz CT molecular complexity index is 533. The van der Waals surface area contributed by atoms with Gasteiger partial charge in [-0.2, -0.15) is 8.42 Å². The Morgan fingerprint density at radius 3 is 1.14 bits per heavy atom. The van der Waals surface area contributed by atoms with E-state index in [1.54, 1.807) is 0 Å². The van der Waals surface area contributed by atoms with Crippen molar-refractivity contribution in [2.45, 2.75) is 0 Å². The van der Waals surface area contributed by atoms with E-state index in [0.717, 1.165) is 65.4 Å². The predicted molar refractivity (Wildman–Crippen MR) is 108 cm³/mol. The van der Waals surface area contributed by atoms with Gasteiger partial charge >= 0.3 is 10.4 Å². The van der Waals surface area contributed by atoms with Crippen molar-refractivity contribution >= 4 is 22.3 Å². The predicted octanol–water partition coefficient (Wildman–Crippen LogP) is -3.67. The van der Waals surface area contributed by atoms with Crippen LogP contribution in [0.4, 0.5) is 0 Å². The van der Waals surface area contributed by atoms with E-state index in [9.17, 15) is 0 Å². The first-order valence-electron chi connectivity index (χ1n) is 9.02. The molecule has 0 bridgehead atoms. The average molecular weight is 443 g/mol. The van der Waals surface area contributed by atoms with Gasteiger partial charge < -0.3 is 31.5 Å². The molecule has 29 heavy (non-hydrogen) atoms. The van der Waals surface area contributed by atoms with Gasteiger partial charge in [-0.3, -0.25) is 29.7 Å². The van der Waals surface area contributed by atoms with Crippen LogP contribution in [0.2, 0.25) is 0 Å². The molecule has 0 atom stereocenters. The second kappa shape index (κ2) is 14.3. The van der Waals surface area contributed by atoms with Crippen LogP contribution in [-0.2, 0) is 10.4 Å². The van der Waals surface area contributed by atoms with E-state index in [1.165, 1.54) is 0 Å². The van der Waals surface area contributed by atoms with Crippen LogP contribution in [0.3, 0.4) is 0 Å². The highest BCUT2D eigenvalue weighted by atomic mass is 32.3. The minimum Gasteiger partial charge on any atom is -0.395 e. The maximum absolute atomic E-state index is 8.74. The Morgan fingerprint density at radius 1 is 0.724 bits per heavy atom. The molecule has 0 aromatic heterocycles. The first kappa shape index (κ1) is 27.2. The fourth-order valence-corrected chi connectivity index (χ4v) is 2.71. The van der Waals surface area contributed by atoms with Crippen LogP contribution in [0.15, 0.2) is 0 Å². The summed E-state index contributed by atoms with van der Waals surface area (Å²) in [5.74, 6) is 0.303. The van der Waals surface area contributed by atoms with E-state index < -0.39 is 10.4 Å². The summed E-state index contributed by atoms with van der Waals surface area (Å²) in [4.78, 5) is 8.01. The Balaban J connectivity index is 0.000000442. The Labute approximate surface area is 171 Å². The minimum absolute atomic E-state index is 0.152. The highest BCUT2D eigenvalue weighted by Crippen LogP contribution is 2.00. The van der Waals surface area contributed by atoms with Crippen LogP contribution in [0, 0.1) is 10.8 Å². The number of piperazine rings is 2. The number of rotatable bonds is 4. The third-order valence-electron chi connectivity index (χ3n) is 4.26. The summed E-state index contributed by atoms with van der Waals surface area (Å²) in [5, 5.41) is 31.7. The lowest BCUT2D eigenvalue weighted by Gasteiger charge is -2.34. The van der Waals surface area contributed by atoms with Gasteiger partial charge in [0, 0.05) is 65.4 Å². The lowest BCUT2D eigenvalue weighted by molar-refractivity contribution is 0.146. The molecule has 2 heterocycles. The number of nitrogens with one attached hydrogen (secondary N) is 2. The fourth-order valence-electron chi connectivity index (χ4n) is 2.71. The second-order valence-electron chi connectivity index (χ2n) is 6.32. The molecule has 15 heteroatoms. The Kier molecular flexibility index (Phi) is 13.4. The summed E-state index contributed by atoms with van der Waals surface area (Å²) in [5.41, 5.74) is 10.7. The molecule has 0 radical (unpaired) electrons. The zero-order chi connectivity index (χ0) is 22.4. The van der Waals surface area contributed by atoms with Crippen LogP contribution in [0.25, 0.3) is 0 Å². The van der Waals surface area contributed by atoms with Crippen molar-refractivity contribution < 1.29 is 27.7 Å². The zero-order valence-electron chi connectivity index (χ0n) is 16.4. The van der Waals surface area contributed by atoms with Crippen LogP contribution in [0.1, 0.15) is 0 Å². The van der Waals surface area contributed by atoms with Crippen molar-refractivity contribution in [2.75, 3.05) is 78.7 Å². The minimum atomic E-state index is -4.67. The molecular formula is C14H34N8O6S. The lowest BCUT2D eigenvalue weighted by Crippen LogP contribution is -2.51. The third kappa shape index (κ3) is 14.8. The summed E-state index contributed by atoms with van der Waals surface area (Å²) in [6.45, 7) is 8.63. The number of aliphatic hydroxyl groups is 2. The molecule has 0 spiro atoms. The topological polar surface area (TPSA) is 228 Å². The summed E-state index contributed by atoms with van der Waals surface area (Å²) in [7, 11) is -4.67. The van der Waals surface area contributed by atoms with Gasteiger partial charge in [0.25, 0.3) is 0 Å². The van der Waals surface area contributed by atoms with Gasteiger partial charge in [0.05, 0.1) is 13.2 Å². The first-order valence-corrected chi connectivity index (χ1v) is 10.4. The van der Waals surface area contributed by atoms with Gasteiger partial charge in [-0.15, -0.1) is 0 Å². The number of aliphatic hydroxyl groups excluding tert-OH is 2. The molecule has 0 aliphatic carbocycles. The molecule has 2 fully saturated rings. The number of nitrogens with two attached hydrogens (primary N) is 2. The zero-order valence-corrected chi connectivity index (χ0v) is 17.3. The standard InChI is InChI=1S/2C7H16N4O.H2O4S/c2*8-7(9)11-3-1-10(2-4-11)5-6-12;1-5(2,3)4/h2*12H,1-6H2,(H3,8,9);(H2,1,2,3,4). The number of nitrogens with zero attached hydrogens (tertiary/aromatic N) is 4. The summed E-state index contributed by atoms with van der Waals surface area (Å²) < 4.78 is 31.6. The van der Waals surface area contributed by atoms with Crippen LogP contribution in [0.5, 0.6) is 0 Å². The highest BCUT2D eigenvalue weighted by Gasteiger charge is 2.17. The van der Waals surface area contributed by atoms with Gasteiger partial charge in [-0.25, -0.2) is 0 Å². The van der Waals surface area contributed by atoms with Gasteiger partial charge in [-0.05, 0) is 0 Å². The fraction of sp³-hybridized carbons (Fsp3) is 0.857. The highest BCUT2D eigenvalue weighted by molar-refractivity contribution is 7.79. The average Bonchev–Trinajstić information content (AvgIpc) is 2.62. The van der Waals surface area contributed by atoms with Crippen LogP contribution < -0.4 is 11.5 Å². The molecule has 0 aromatic rings. The number of hydrogen-bond donors (Lipinski definition) is 8. The molecule has 0 saturated carbocycles. The van der Waals surface area contributed by atoms with Crippen molar-refractivity contribution in [1.29, 1.82) is 10.8 Å². The number of hydrogen-bond acceptors (Lipinski definition) is 8.